The van der Waals surface area contributed by atoms with Crippen LogP contribution in [0.15, 0.2) is 29.3 Å². The Morgan fingerprint density at radius 2 is 1.88 bits per heavy atom. The number of hydrogen-bond acceptors (Lipinski definition) is 4. The van der Waals surface area contributed by atoms with Gasteiger partial charge < -0.3 is 24.4 Å². The maximum absolute atomic E-state index is 13.5. The summed E-state index contributed by atoms with van der Waals surface area (Å²) in [5.74, 6) is 0.743. The number of nitrogens with one attached hydrogen (secondary N) is 1. The van der Waals surface area contributed by atoms with E-state index in [1.54, 1.807) is 12.1 Å². The Morgan fingerprint density at radius 1 is 1.12 bits per heavy atom. The van der Waals surface area contributed by atoms with Crippen LogP contribution in [0.1, 0.15) is 50.5 Å². The zero-order valence-corrected chi connectivity index (χ0v) is 19.4. The second-order valence-corrected chi connectivity index (χ2v) is 9.31. The van der Waals surface area contributed by atoms with Gasteiger partial charge in [-0.15, -0.1) is 0 Å². The van der Waals surface area contributed by atoms with E-state index in [9.17, 15) is 4.39 Å². The van der Waals surface area contributed by atoms with E-state index in [0.717, 1.165) is 84.1 Å². The zero-order chi connectivity index (χ0) is 22.2. The van der Waals surface area contributed by atoms with Crippen LogP contribution in [0.25, 0.3) is 0 Å². The van der Waals surface area contributed by atoms with Crippen molar-refractivity contribution in [2.45, 2.75) is 62.6 Å². The molecule has 6 nitrogen and oxygen atoms in total. The van der Waals surface area contributed by atoms with Gasteiger partial charge in [0.1, 0.15) is 5.82 Å². The second kappa shape index (κ2) is 11.4. The predicted molar refractivity (Wildman–Crippen MR) is 124 cm³/mol. The first kappa shape index (κ1) is 23.5. The van der Waals surface area contributed by atoms with Gasteiger partial charge in [-0.1, -0.05) is 12.1 Å². The highest BCUT2D eigenvalue weighted by atomic mass is 19.1. The molecule has 1 aromatic rings. The Hall–Kier alpha value is -1.70. The van der Waals surface area contributed by atoms with Crippen LogP contribution in [0.4, 0.5) is 4.39 Å². The Kier molecular flexibility index (Phi) is 8.38. The number of aliphatic imine (C=N–C) groups is 1. The average Bonchev–Trinajstić information content (AvgIpc) is 2.85. The number of likely N-dealkylation sites (tertiary alicyclic amines) is 1. The number of halogens is 1. The first-order valence-electron chi connectivity index (χ1n) is 12.2. The van der Waals surface area contributed by atoms with Crippen LogP contribution in [0.5, 0.6) is 0 Å². The van der Waals surface area contributed by atoms with Crippen molar-refractivity contribution in [2.75, 3.05) is 53.1 Å². The Morgan fingerprint density at radius 3 is 2.53 bits per heavy atom. The van der Waals surface area contributed by atoms with Crippen molar-refractivity contribution in [1.82, 2.24) is 10.2 Å². The normalized spacial score (nSPS) is 25.0. The molecule has 4 rings (SSSR count). The van der Waals surface area contributed by atoms with Gasteiger partial charge in [-0.2, -0.15) is 0 Å². The van der Waals surface area contributed by atoms with Crippen LogP contribution in [-0.2, 0) is 19.6 Å². The summed E-state index contributed by atoms with van der Waals surface area (Å²) in [5, 5.41) is 3.63. The van der Waals surface area contributed by atoms with Crippen molar-refractivity contribution < 1.29 is 18.6 Å². The van der Waals surface area contributed by atoms with Gasteiger partial charge in [-0.25, -0.2) is 4.39 Å². The molecule has 0 saturated carbocycles. The third kappa shape index (κ3) is 6.00. The summed E-state index contributed by atoms with van der Waals surface area (Å²) in [4.78, 5) is 6.89. The van der Waals surface area contributed by atoms with Crippen LogP contribution < -0.4 is 5.32 Å². The first-order valence-corrected chi connectivity index (χ1v) is 12.2. The topological polar surface area (TPSA) is 55.3 Å². The Balaban J connectivity index is 1.28. The monoisotopic (exact) mass is 447 g/mol. The summed E-state index contributed by atoms with van der Waals surface area (Å²) >= 11 is 0. The lowest BCUT2D eigenvalue weighted by molar-refractivity contribution is -0.0721. The number of piperidine rings is 1. The van der Waals surface area contributed by atoms with Crippen molar-refractivity contribution in [2.24, 2.45) is 4.99 Å². The highest BCUT2D eigenvalue weighted by Gasteiger charge is 2.35. The lowest BCUT2D eigenvalue weighted by atomic mass is 9.74. The molecule has 3 fully saturated rings. The number of nitrogens with zero attached hydrogens (tertiary/aromatic N) is 2. The molecule has 0 radical (unpaired) electrons. The fourth-order valence-electron chi connectivity index (χ4n) is 5.13. The van der Waals surface area contributed by atoms with E-state index in [-0.39, 0.29) is 17.3 Å². The molecule has 0 aromatic heterocycles. The standard InChI is InChI=1S/C25H38FN3O3/c1-27-24(29-13-9-22(10-14-29)32-18-23-4-2-3-15-31-23)28-19-25(11-16-30-17-12-25)20-5-7-21(26)8-6-20/h5-8,22-23H,2-4,9-19H2,1H3,(H,27,28). The van der Waals surface area contributed by atoms with Crippen LogP contribution in [0.3, 0.4) is 0 Å². The molecular weight excluding hydrogens is 409 g/mol. The van der Waals surface area contributed by atoms with E-state index in [0.29, 0.717) is 6.10 Å². The average molecular weight is 448 g/mol. The minimum Gasteiger partial charge on any atom is -0.381 e. The molecule has 178 valence electrons. The van der Waals surface area contributed by atoms with Gasteiger partial charge in [-0.3, -0.25) is 4.99 Å². The van der Waals surface area contributed by atoms with E-state index < -0.39 is 0 Å². The number of guanidine groups is 1. The molecule has 3 aliphatic heterocycles. The summed E-state index contributed by atoms with van der Waals surface area (Å²) in [5.41, 5.74) is 1.10. The highest BCUT2D eigenvalue weighted by Crippen LogP contribution is 2.34. The molecule has 3 saturated heterocycles. The summed E-state index contributed by atoms with van der Waals surface area (Å²) in [6.45, 7) is 5.69. The van der Waals surface area contributed by atoms with E-state index >= 15 is 0 Å². The minimum absolute atomic E-state index is 0.0662. The maximum Gasteiger partial charge on any atom is 0.193 e. The Bertz CT molecular complexity index is 722. The zero-order valence-electron chi connectivity index (χ0n) is 19.4. The Labute approximate surface area is 191 Å². The summed E-state index contributed by atoms with van der Waals surface area (Å²) in [6, 6.07) is 6.96. The molecule has 3 heterocycles. The quantitative estimate of drug-likeness (QED) is 0.534. The molecule has 0 bridgehead atoms. The molecular formula is C25H38FN3O3. The minimum atomic E-state index is -0.195. The molecule has 1 atom stereocenters. The number of rotatable bonds is 6. The van der Waals surface area contributed by atoms with Gasteiger partial charge in [0, 0.05) is 51.9 Å². The lowest BCUT2D eigenvalue weighted by Gasteiger charge is -2.40. The van der Waals surface area contributed by atoms with Crippen LogP contribution >= 0.6 is 0 Å². The molecule has 1 N–H and O–H groups in total. The third-order valence-corrected chi connectivity index (χ3v) is 7.24. The number of hydrogen-bond donors (Lipinski definition) is 1. The van der Waals surface area contributed by atoms with Crippen molar-refractivity contribution in [1.29, 1.82) is 0 Å². The fourth-order valence-corrected chi connectivity index (χ4v) is 5.13. The summed E-state index contributed by atoms with van der Waals surface area (Å²) in [6.07, 6.45) is 7.97. The maximum atomic E-state index is 13.5. The van der Waals surface area contributed by atoms with Crippen molar-refractivity contribution in [3.05, 3.63) is 35.6 Å². The van der Waals surface area contributed by atoms with Crippen molar-refractivity contribution in [3.8, 4) is 0 Å². The van der Waals surface area contributed by atoms with Crippen LogP contribution in [0, 0.1) is 5.82 Å². The molecule has 0 amide bonds. The molecule has 1 aromatic carbocycles. The van der Waals surface area contributed by atoms with Crippen LogP contribution in [-0.4, -0.2) is 76.2 Å². The smallest absolute Gasteiger partial charge is 0.193 e. The lowest BCUT2D eigenvalue weighted by Crippen LogP contribution is -2.51. The molecule has 7 heteroatoms. The summed E-state index contributed by atoms with van der Waals surface area (Å²) in [7, 11) is 1.85. The largest absolute Gasteiger partial charge is 0.381 e. The van der Waals surface area contributed by atoms with Crippen molar-refractivity contribution in [3.63, 3.8) is 0 Å². The van der Waals surface area contributed by atoms with Gasteiger partial charge in [0.25, 0.3) is 0 Å². The van der Waals surface area contributed by atoms with Gasteiger partial charge in [0.15, 0.2) is 5.96 Å². The van der Waals surface area contributed by atoms with Gasteiger partial charge in [0.05, 0.1) is 18.8 Å². The predicted octanol–water partition coefficient (Wildman–Crippen LogP) is 3.50. The van der Waals surface area contributed by atoms with E-state index in [1.807, 2.05) is 19.2 Å². The summed E-state index contributed by atoms with van der Waals surface area (Å²) < 4.78 is 31.1. The van der Waals surface area contributed by atoms with Gasteiger partial charge >= 0.3 is 0 Å². The number of ether oxygens (including phenoxy) is 3. The highest BCUT2D eigenvalue weighted by molar-refractivity contribution is 5.80. The van der Waals surface area contributed by atoms with E-state index in [1.165, 1.54) is 18.4 Å². The fraction of sp³-hybridized carbons (Fsp3) is 0.720. The first-order chi connectivity index (χ1) is 15.7. The van der Waals surface area contributed by atoms with E-state index in [4.69, 9.17) is 14.2 Å². The number of benzene rings is 1. The van der Waals surface area contributed by atoms with Crippen LogP contribution in [0.2, 0.25) is 0 Å². The SMILES string of the molecule is CN=C(NCC1(c2ccc(F)cc2)CCOCC1)N1CCC(OCC2CCCCO2)CC1. The molecule has 1 unspecified atom stereocenters. The van der Waals surface area contributed by atoms with Gasteiger partial charge in [0.2, 0.25) is 0 Å². The van der Waals surface area contributed by atoms with E-state index in [2.05, 4.69) is 15.2 Å². The van der Waals surface area contributed by atoms with Crippen molar-refractivity contribution >= 4 is 5.96 Å². The molecule has 3 aliphatic rings. The second-order valence-electron chi connectivity index (χ2n) is 9.31. The molecule has 0 spiro atoms. The molecule has 32 heavy (non-hydrogen) atoms. The molecule has 0 aliphatic carbocycles. The van der Waals surface area contributed by atoms with Gasteiger partial charge in [-0.05, 0) is 62.6 Å². The third-order valence-electron chi connectivity index (χ3n) is 7.24.